The molecule has 2 N–H and O–H groups in total. The molecule has 4 nitrogen and oxygen atoms in total. The van der Waals surface area contributed by atoms with Crippen molar-refractivity contribution in [1.82, 2.24) is 4.98 Å². The van der Waals surface area contributed by atoms with Crippen LogP contribution in [0, 0.1) is 5.41 Å². The van der Waals surface area contributed by atoms with E-state index in [2.05, 4.69) is 25.8 Å². The first-order valence-electron chi connectivity index (χ1n) is 6.17. The number of ether oxygens (including phenoxy) is 1. The minimum atomic E-state index is 0.287. The Morgan fingerprint density at radius 3 is 2.83 bits per heavy atom. The van der Waals surface area contributed by atoms with Gasteiger partial charge in [-0.2, -0.15) is 0 Å². The number of nitrogens with zero attached hydrogens (tertiary/aromatic N) is 1. The third-order valence-corrected chi connectivity index (χ3v) is 2.68. The summed E-state index contributed by atoms with van der Waals surface area (Å²) < 4.78 is 11.1. The lowest BCUT2D eigenvalue weighted by atomic mass is 9.93. The molecule has 18 heavy (non-hydrogen) atoms. The van der Waals surface area contributed by atoms with E-state index >= 15 is 0 Å². The quantitative estimate of drug-likeness (QED) is 0.665. The molecule has 98 valence electrons. The Bertz CT molecular complexity index is 526. The largest absolute Gasteiger partial charge is 0.438 e. The summed E-state index contributed by atoms with van der Waals surface area (Å²) in [5.41, 5.74) is 8.18. The Morgan fingerprint density at radius 1 is 1.33 bits per heavy atom. The molecule has 0 amide bonds. The number of hydrogen-bond acceptors (Lipinski definition) is 4. The van der Waals surface area contributed by atoms with Gasteiger partial charge in [0.15, 0.2) is 5.58 Å². The molecule has 0 bridgehead atoms. The van der Waals surface area contributed by atoms with E-state index in [-0.39, 0.29) is 5.41 Å². The number of nitrogens with two attached hydrogens (primary N) is 1. The topological polar surface area (TPSA) is 61.3 Å². The van der Waals surface area contributed by atoms with Crippen LogP contribution in [0.1, 0.15) is 33.1 Å². The molecular weight excluding hydrogens is 228 g/mol. The van der Waals surface area contributed by atoms with Crippen LogP contribution in [-0.4, -0.2) is 11.6 Å². The van der Waals surface area contributed by atoms with Gasteiger partial charge in [0.1, 0.15) is 12.1 Å². The van der Waals surface area contributed by atoms with Crippen LogP contribution in [0.25, 0.3) is 11.1 Å². The molecule has 0 fully saturated rings. The van der Waals surface area contributed by atoms with E-state index in [1.165, 1.54) is 0 Å². The number of oxazole rings is 1. The Morgan fingerprint density at radius 2 is 2.11 bits per heavy atom. The zero-order valence-electron chi connectivity index (χ0n) is 11.2. The van der Waals surface area contributed by atoms with Crippen molar-refractivity contribution >= 4 is 16.8 Å². The van der Waals surface area contributed by atoms with Crippen LogP contribution in [0.4, 0.5) is 5.69 Å². The lowest BCUT2D eigenvalue weighted by Gasteiger charge is -2.17. The van der Waals surface area contributed by atoms with Crippen molar-refractivity contribution in [2.75, 3.05) is 12.3 Å². The van der Waals surface area contributed by atoms with Gasteiger partial charge in [0.2, 0.25) is 5.89 Å². The van der Waals surface area contributed by atoms with Gasteiger partial charge in [-0.05, 0) is 24.0 Å². The van der Waals surface area contributed by atoms with Crippen molar-refractivity contribution in [2.45, 2.75) is 33.8 Å². The van der Waals surface area contributed by atoms with E-state index in [0.29, 0.717) is 30.4 Å². The summed E-state index contributed by atoms with van der Waals surface area (Å²) in [5.74, 6) is 0.601. The lowest BCUT2D eigenvalue weighted by molar-refractivity contribution is 0.0824. The standard InChI is InChI=1S/C14H20N2O2/c1-14(2,3)6-7-17-9-13-16-11-5-4-10(15)8-12(11)18-13/h4-5,8H,6-7,9,15H2,1-3H3. The molecule has 0 spiro atoms. The summed E-state index contributed by atoms with van der Waals surface area (Å²) in [6.45, 7) is 7.70. The monoisotopic (exact) mass is 248 g/mol. The Labute approximate surface area is 107 Å². The normalized spacial score (nSPS) is 12.2. The molecule has 0 unspecified atom stereocenters. The fourth-order valence-electron chi connectivity index (χ4n) is 1.59. The Hall–Kier alpha value is -1.55. The second-order valence-electron chi connectivity index (χ2n) is 5.70. The van der Waals surface area contributed by atoms with E-state index in [9.17, 15) is 0 Å². The van der Waals surface area contributed by atoms with Gasteiger partial charge in [0, 0.05) is 18.4 Å². The van der Waals surface area contributed by atoms with Crippen LogP contribution >= 0.6 is 0 Å². The molecule has 0 saturated heterocycles. The average molecular weight is 248 g/mol. The Kier molecular flexibility index (Phi) is 3.57. The van der Waals surface area contributed by atoms with Crippen molar-refractivity contribution < 1.29 is 9.15 Å². The fraction of sp³-hybridized carbons (Fsp3) is 0.500. The predicted molar refractivity (Wildman–Crippen MR) is 72.1 cm³/mol. The molecule has 0 aliphatic carbocycles. The molecule has 1 aromatic carbocycles. The second-order valence-corrected chi connectivity index (χ2v) is 5.70. The maximum absolute atomic E-state index is 5.68. The molecule has 0 aliphatic rings. The van der Waals surface area contributed by atoms with E-state index in [4.69, 9.17) is 14.9 Å². The summed E-state index contributed by atoms with van der Waals surface area (Å²) in [6, 6.07) is 5.45. The van der Waals surface area contributed by atoms with Crippen LogP contribution < -0.4 is 5.73 Å². The van der Waals surface area contributed by atoms with Gasteiger partial charge in [0.05, 0.1) is 0 Å². The zero-order chi connectivity index (χ0) is 13.2. The number of hydrogen-bond donors (Lipinski definition) is 1. The maximum Gasteiger partial charge on any atom is 0.221 e. The molecular formula is C14H20N2O2. The van der Waals surface area contributed by atoms with Gasteiger partial charge >= 0.3 is 0 Å². The summed E-state index contributed by atoms with van der Waals surface area (Å²) in [4.78, 5) is 4.34. The van der Waals surface area contributed by atoms with Crippen LogP contribution in [-0.2, 0) is 11.3 Å². The van der Waals surface area contributed by atoms with E-state index in [1.807, 2.05) is 12.1 Å². The van der Waals surface area contributed by atoms with Crippen LogP contribution in [0.5, 0.6) is 0 Å². The van der Waals surface area contributed by atoms with Crippen molar-refractivity contribution in [3.63, 3.8) is 0 Å². The van der Waals surface area contributed by atoms with E-state index in [0.717, 1.165) is 11.9 Å². The van der Waals surface area contributed by atoms with Gasteiger partial charge in [-0.1, -0.05) is 20.8 Å². The number of aromatic nitrogens is 1. The fourth-order valence-corrected chi connectivity index (χ4v) is 1.59. The molecule has 0 aliphatic heterocycles. The summed E-state index contributed by atoms with van der Waals surface area (Å²) in [5, 5.41) is 0. The smallest absolute Gasteiger partial charge is 0.221 e. The molecule has 0 radical (unpaired) electrons. The van der Waals surface area contributed by atoms with Crippen molar-refractivity contribution in [1.29, 1.82) is 0 Å². The van der Waals surface area contributed by atoms with E-state index < -0.39 is 0 Å². The number of anilines is 1. The average Bonchev–Trinajstić information content (AvgIpc) is 2.65. The van der Waals surface area contributed by atoms with Gasteiger partial charge in [-0.15, -0.1) is 0 Å². The van der Waals surface area contributed by atoms with Crippen LogP contribution in [0.15, 0.2) is 22.6 Å². The third kappa shape index (κ3) is 3.47. The van der Waals surface area contributed by atoms with Gasteiger partial charge in [-0.25, -0.2) is 4.98 Å². The minimum Gasteiger partial charge on any atom is -0.438 e. The van der Waals surface area contributed by atoms with Crippen LogP contribution in [0.2, 0.25) is 0 Å². The van der Waals surface area contributed by atoms with Crippen molar-refractivity contribution in [3.8, 4) is 0 Å². The number of nitrogen functional groups attached to an aromatic ring is 1. The summed E-state index contributed by atoms with van der Waals surface area (Å²) >= 11 is 0. The minimum absolute atomic E-state index is 0.287. The van der Waals surface area contributed by atoms with Crippen molar-refractivity contribution in [2.24, 2.45) is 5.41 Å². The molecule has 0 saturated carbocycles. The number of rotatable bonds is 4. The second kappa shape index (κ2) is 4.98. The molecule has 1 aromatic heterocycles. The highest BCUT2D eigenvalue weighted by Crippen LogP contribution is 2.20. The molecule has 1 heterocycles. The van der Waals surface area contributed by atoms with Crippen LogP contribution in [0.3, 0.4) is 0 Å². The molecule has 2 rings (SSSR count). The van der Waals surface area contributed by atoms with Gasteiger partial charge in [0.25, 0.3) is 0 Å². The molecule has 2 aromatic rings. The Balaban J connectivity index is 1.92. The highest BCUT2D eigenvalue weighted by Gasteiger charge is 2.10. The highest BCUT2D eigenvalue weighted by atomic mass is 16.5. The summed E-state index contributed by atoms with van der Waals surface area (Å²) in [6.07, 6.45) is 1.01. The first-order valence-corrected chi connectivity index (χ1v) is 6.17. The first kappa shape index (κ1) is 12.9. The first-order chi connectivity index (χ1) is 8.44. The summed E-state index contributed by atoms with van der Waals surface area (Å²) in [7, 11) is 0. The number of fused-ring (bicyclic) bond motifs is 1. The van der Waals surface area contributed by atoms with Gasteiger partial charge < -0.3 is 14.9 Å². The molecule has 4 heteroatoms. The van der Waals surface area contributed by atoms with E-state index in [1.54, 1.807) is 6.07 Å². The lowest BCUT2D eigenvalue weighted by Crippen LogP contribution is -2.09. The predicted octanol–water partition coefficient (Wildman–Crippen LogP) is 3.36. The van der Waals surface area contributed by atoms with Crippen molar-refractivity contribution in [3.05, 3.63) is 24.1 Å². The zero-order valence-corrected chi connectivity index (χ0v) is 11.2. The van der Waals surface area contributed by atoms with Gasteiger partial charge in [-0.3, -0.25) is 0 Å². The molecule has 0 atom stereocenters. The third-order valence-electron chi connectivity index (χ3n) is 2.68. The SMILES string of the molecule is CC(C)(C)CCOCc1nc2ccc(N)cc2o1. The maximum atomic E-state index is 5.68. The highest BCUT2D eigenvalue weighted by molar-refractivity contribution is 5.76. The number of benzene rings is 1.